The minimum atomic E-state index is -0.847. The third-order valence-electron chi connectivity index (χ3n) is 6.33. The molecular formula is C24H21Br2N3O6. The van der Waals surface area contributed by atoms with Crippen LogP contribution in [-0.2, 0) is 9.59 Å². The molecule has 4 atom stereocenters. The highest BCUT2D eigenvalue weighted by Gasteiger charge is 2.54. The van der Waals surface area contributed by atoms with E-state index in [-0.39, 0.29) is 20.9 Å². The van der Waals surface area contributed by atoms with Crippen LogP contribution in [0.5, 0.6) is 0 Å². The van der Waals surface area contributed by atoms with Gasteiger partial charge >= 0.3 is 0 Å². The molecule has 11 heteroatoms. The van der Waals surface area contributed by atoms with E-state index in [1.807, 2.05) is 6.92 Å². The minimum absolute atomic E-state index is 0.0319. The zero-order chi connectivity index (χ0) is 25.4. The number of alkyl halides is 2. The van der Waals surface area contributed by atoms with Crippen molar-refractivity contribution in [2.24, 2.45) is 11.8 Å². The summed E-state index contributed by atoms with van der Waals surface area (Å²) in [6, 6.07) is 11.7. The maximum absolute atomic E-state index is 13.5. The molecule has 0 unspecified atom stereocenters. The Hall–Kier alpha value is -2.92. The molecule has 2 aromatic carbocycles. The standard InChI is InChI=1S/C24H21Br2N3O6/c1-13-5-7-14(8-6-13)21(30)12-27(22(31)15-3-2-4-16(9-15)29(34)35)28-23(32)17-10-19(25)20(26)11-18(17)24(28)33/h2-9,17-20H,10-12H2,1H3/t17-,18+,19-,20-/m0/s1. The van der Waals surface area contributed by atoms with E-state index in [4.69, 9.17) is 0 Å². The summed E-state index contributed by atoms with van der Waals surface area (Å²) in [6.07, 6.45) is 0.790. The highest BCUT2D eigenvalue weighted by Crippen LogP contribution is 2.43. The van der Waals surface area contributed by atoms with Crippen LogP contribution in [-0.4, -0.2) is 54.6 Å². The quantitative estimate of drug-likeness (QED) is 0.161. The van der Waals surface area contributed by atoms with Gasteiger partial charge in [-0.15, -0.1) is 0 Å². The Labute approximate surface area is 217 Å². The Morgan fingerprint density at radius 1 is 1.00 bits per heavy atom. The van der Waals surface area contributed by atoms with Crippen LogP contribution in [0.25, 0.3) is 0 Å². The van der Waals surface area contributed by atoms with E-state index in [1.165, 1.54) is 18.2 Å². The van der Waals surface area contributed by atoms with Crippen LogP contribution in [0.15, 0.2) is 48.5 Å². The number of hydrogen-bond donors (Lipinski definition) is 0. The first-order chi connectivity index (χ1) is 16.6. The number of carbonyl (C=O) groups is 4. The Morgan fingerprint density at radius 2 is 1.57 bits per heavy atom. The molecule has 4 rings (SSSR count). The molecule has 3 amide bonds. The van der Waals surface area contributed by atoms with Crippen LogP contribution in [0.1, 0.15) is 39.1 Å². The number of Topliss-reactive ketones (excluding diaryl/α,β-unsaturated/α-hetero) is 1. The lowest BCUT2D eigenvalue weighted by Gasteiger charge is -2.30. The van der Waals surface area contributed by atoms with Gasteiger partial charge in [0.05, 0.1) is 16.8 Å². The average molecular weight is 607 g/mol. The molecule has 182 valence electrons. The molecule has 2 aliphatic rings. The van der Waals surface area contributed by atoms with Crippen molar-refractivity contribution in [2.45, 2.75) is 29.4 Å². The average Bonchev–Trinajstić information content (AvgIpc) is 3.06. The number of imide groups is 1. The van der Waals surface area contributed by atoms with Gasteiger partial charge in [-0.1, -0.05) is 67.8 Å². The van der Waals surface area contributed by atoms with Crippen molar-refractivity contribution in [2.75, 3.05) is 6.54 Å². The number of hydrazine groups is 1. The fraction of sp³-hybridized carbons (Fsp3) is 0.333. The zero-order valence-electron chi connectivity index (χ0n) is 18.6. The van der Waals surface area contributed by atoms with Gasteiger partial charge in [0.25, 0.3) is 23.4 Å². The molecule has 35 heavy (non-hydrogen) atoms. The number of hydrogen-bond acceptors (Lipinski definition) is 6. The van der Waals surface area contributed by atoms with Crippen molar-refractivity contribution >= 4 is 61.1 Å². The van der Waals surface area contributed by atoms with Gasteiger partial charge in [-0.3, -0.25) is 29.3 Å². The van der Waals surface area contributed by atoms with E-state index < -0.39 is 46.8 Å². The number of fused-ring (bicyclic) bond motifs is 1. The number of carbonyl (C=O) groups excluding carboxylic acids is 4. The molecule has 1 aliphatic carbocycles. The second-order valence-electron chi connectivity index (χ2n) is 8.66. The van der Waals surface area contributed by atoms with E-state index in [2.05, 4.69) is 31.9 Å². The molecule has 0 radical (unpaired) electrons. The van der Waals surface area contributed by atoms with Crippen molar-refractivity contribution in [3.8, 4) is 0 Å². The van der Waals surface area contributed by atoms with Gasteiger partial charge in [-0.25, -0.2) is 5.01 Å². The zero-order valence-corrected chi connectivity index (χ0v) is 21.8. The summed E-state index contributed by atoms with van der Waals surface area (Å²) >= 11 is 7.06. The number of nitro benzene ring substituents is 1. The summed E-state index contributed by atoms with van der Waals surface area (Å²) in [5, 5.41) is 12.8. The van der Waals surface area contributed by atoms with E-state index >= 15 is 0 Å². The van der Waals surface area contributed by atoms with Crippen LogP contribution >= 0.6 is 31.9 Å². The van der Waals surface area contributed by atoms with Crippen molar-refractivity contribution < 1.29 is 24.1 Å². The Morgan fingerprint density at radius 3 is 2.11 bits per heavy atom. The summed E-state index contributed by atoms with van der Waals surface area (Å²) in [5.41, 5.74) is 0.819. The van der Waals surface area contributed by atoms with Crippen LogP contribution in [0.4, 0.5) is 5.69 Å². The summed E-state index contributed by atoms with van der Waals surface area (Å²) < 4.78 is 0. The first-order valence-electron chi connectivity index (χ1n) is 10.9. The molecule has 0 N–H and O–H groups in total. The van der Waals surface area contributed by atoms with Crippen LogP contribution in [0.3, 0.4) is 0 Å². The second kappa shape index (κ2) is 9.98. The third kappa shape index (κ3) is 4.92. The molecule has 0 aromatic heterocycles. The van der Waals surface area contributed by atoms with Gasteiger partial charge in [0.2, 0.25) is 0 Å². The highest BCUT2D eigenvalue weighted by molar-refractivity contribution is 9.12. The number of benzene rings is 2. The Balaban J connectivity index is 1.72. The van der Waals surface area contributed by atoms with Crippen LogP contribution in [0, 0.1) is 28.9 Å². The maximum Gasteiger partial charge on any atom is 0.273 e. The fourth-order valence-electron chi connectivity index (χ4n) is 4.42. The van der Waals surface area contributed by atoms with Gasteiger partial charge < -0.3 is 0 Å². The molecule has 1 heterocycles. The van der Waals surface area contributed by atoms with Crippen molar-refractivity contribution in [3.05, 3.63) is 75.3 Å². The maximum atomic E-state index is 13.5. The SMILES string of the molecule is Cc1ccc(C(=O)CN(C(=O)c2cccc([N+](=O)[O-])c2)N2C(=O)[C@H]3C[C@H](Br)[C@@H](Br)C[C@H]3C2=O)cc1. The fourth-order valence-corrected chi connectivity index (χ4v) is 5.65. The number of nitro groups is 1. The first-order valence-corrected chi connectivity index (χ1v) is 12.7. The number of rotatable bonds is 6. The lowest BCUT2D eigenvalue weighted by molar-refractivity contribution is -0.384. The molecule has 1 saturated carbocycles. The monoisotopic (exact) mass is 605 g/mol. The smallest absolute Gasteiger partial charge is 0.273 e. The summed E-state index contributed by atoms with van der Waals surface area (Å²) in [7, 11) is 0. The van der Waals surface area contributed by atoms with E-state index in [1.54, 1.807) is 24.3 Å². The highest BCUT2D eigenvalue weighted by atomic mass is 79.9. The number of halogens is 2. The molecule has 0 bridgehead atoms. The summed E-state index contributed by atoms with van der Waals surface area (Å²) in [5.74, 6) is -3.69. The third-order valence-corrected chi connectivity index (χ3v) is 9.07. The predicted molar refractivity (Wildman–Crippen MR) is 133 cm³/mol. The predicted octanol–water partition coefficient (Wildman–Crippen LogP) is 4.07. The molecule has 9 nitrogen and oxygen atoms in total. The van der Waals surface area contributed by atoms with Gasteiger partial charge in [0, 0.05) is 32.9 Å². The molecule has 2 fully saturated rings. The Kier molecular flexibility index (Phi) is 7.18. The van der Waals surface area contributed by atoms with Gasteiger partial charge in [0.15, 0.2) is 5.78 Å². The van der Waals surface area contributed by atoms with Gasteiger partial charge in [-0.05, 0) is 25.8 Å². The Bertz CT molecular complexity index is 1190. The van der Waals surface area contributed by atoms with E-state index in [9.17, 15) is 29.3 Å². The van der Waals surface area contributed by atoms with Crippen LogP contribution in [0.2, 0.25) is 0 Å². The van der Waals surface area contributed by atoms with Gasteiger partial charge in [0.1, 0.15) is 6.54 Å². The number of nitrogens with zero attached hydrogens (tertiary/aromatic N) is 3. The normalized spacial score (nSPS) is 23.7. The number of amides is 3. The molecule has 1 saturated heterocycles. The van der Waals surface area contributed by atoms with E-state index in [0.29, 0.717) is 18.4 Å². The molecule has 2 aromatic rings. The lowest BCUT2D eigenvalue weighted by Crippen LogP contribution is -2.52. The number of non-ortho nitro benzene ring substituents is 1. The molecular weight excluding hydrogens is 586 g/mol. The largest absolute Gasteiger partial charge is 0.292 e. The molecule has 0 spiro atoms. The topological polar surface area (TPSA) is 118 Å². The minimum Gasteiger partial charge on any atom is -0.292 e. The second-order valence-corrected chi connectivity index (χ2v) is 11.0. The van der Waals surface area contributed by atoms with Gasteiger partial charge in [-0.2, -0.15) is 5.01 Å². The summed E-state index contributed by atoms with van der Waals surface area (Å²) in [4.78, 5) is 63.9. The van der Waals surface area contributed by atoms with Crippen molar-refractivity contribution in [1.29, 1.82) is 0 Å². The lowest BCUT2D eigenvalue weighted by atomic mass is 9.81. The van der Waals surface area contributed by atoms with Crippen LogP contribution < -0.4 is 0 Å². The summed E-state index contributed by atoms with van der Waals surface area (Å²) in [6.45, 7) is 1.29. The van der Waals surface area contributed by atoms with E-state index in [0.717, 1.165) is 21.6 Å². The van der Waals surface area contributed by atoms with Crippen molar-refractivity contribution in [1.82, 2.24) is 10.0 Å². The number of aryl methyl sites for hydroxylation is 1. The first kappa shape index (κ1) is 25.2. The molecule has 1 aliphatic heterocycles. The van der Waals surface area contributed by atoms with Crippen molar-refractivity contribution in [3.63, 3.8) is 0 Å². The number of ketones is 1.